The molecule has 0 aliphatic carbocycles. The minimum atomic E-state index is 0.428. The van der Waals surface area contributed by atoms with Gasteiger partial charge in [0.2, 0.25) is 0 Å². The Labute approximate surface area is 102 Å². The lowest BCUT2D eigenvalue weighted by atomic mass is 10.2. The first-order chi connectivity index (χ1) is 8.38. The van der Waals surface area contributed by atoms with Crippen LogP contribution in [0.2, 0.25) is 0 Å². The monoisotopic (exact) mass is 236 g/mol. The zero-order chi connectivity index (χ0) is 11.9. The van der Waals surface area contributed by atoms with Crippen molar-refractivity contribution in [1.29, 1.82) is 0 Å². The zero-order valence-corrected chi connectivity index (χ0v) is 10.3. The zero-order valence-electron chi connectivity index (χ0n) is 10.3. The van der Waals surface area contributed by atoms with Gasteiger partial charge in [0, 0.05) is 25.8 Å². The van der Waals surface area contributed by atoms with Gasteiger partial charge in [0.15, 0.2) is 0 Å². The second kappa shape index (κ2) is 6.39. The van der Waals surface area contributed by atoms with Crippen LogP contribution in [0.15, 0.2) is 12.4 Å². The molecule has 0 spiro atoms. The minimum absolute atomic E-state index is 0.428. The Morgan fingerprint density at radius 1 is 1.35 bits per heavy atom. The van der Waals surface area contributed by atoms with Crippen molar-refractivity contribution in [3.8, 4) is 0 Å². The van der Waals surface area contributed by atoms with Crippen LogP contribution in [0.3, 0.4) is 0 Å². The Morgan fingerprint density at radius 3 is 2.88 bits per heavy atom. The Hall–Kier alpha value is -1.36. The fraction of sp³-hybridized carbons (Fsp3) is 0.667. The molecule has 17 heavy (non-hydrogen) atoms. The Bertz CT molecular complexity index is 339. The summed E-state index contributed by atoms with van der Waals surface area (Å²) in [4.78, 5) is 8.31. The molecule has 94 valence electrons. The van der Waals surface area contributed by atoms with E-state index < -0.39 is 0 Å². The van der Waals surface area contributed by atoms with E-state index in [9.17, 15) is 0 Å². The number of nitrogens with one attached hydrogen (secondary N) is 2. The molecule has 5 nitrogen and oxygen atoms in total. The van der Waals surface area contributed by atoms with E-state index in [4.69, 9.17) is 4.74 Å². The normalized spacial score (nSPS) is 19.2. The second-order valence-corrected chi connectivity index (χ2v) is 4.17. The molecular formula is C12H20N4O. The van der Waals surface area contributed by atoms with Crippen molar-refractivity contribution in [1.82, 2.24) is 9.97 Å². The molecule has 1 aromatic heterocycles. The van der Waals surface area contributed by atoms with Crippen molar-refractivity contribution < 1.29 is 4.74 Å². The highest BCUT2D eigenvalue weighted by Gasteiger charge is 2.14. The van der Waals surface area contributed by atoms with Gasteiger partial charge in [0.05, 0.1) is 6.10 Å². The van der Waals surface area contributed by atoms with E-state index in [2.05, 4.69) is 20.6 Å². The fourth-order valence-electron chi connectivity index (χ4n) is 1.97. The Balaban J connectivity index is 1.75. The lowest BCUT2D eigenvalue weighted by molar-refractivity contribution is 0.107. The van der Waals surface area contributed by atoms with E-state index in [1.54, 1.807) is 6.33 Å². The van der Waals surface area contributed by atoms with E-state index in [-0.39, 0.29) is 0 Å². The van der Waals surface area contributed by atoms with Crippen molar-refractivity contribution in [3.63, 3.8) is 0 Å². The lowest BCUT2D eigenvalue weighted by Gasteiger charge is -2.11. The van der Waals surface area contributed by atoms with E-state index in [1.807, 2.05) is 13.0 Å². The summed E-state index contributed by atoms with van der Waals surface area (Å²) in [7, 11) is 0. The third-order valence-electron chi connectivity index (χ3n) is 2.82. The van der Waals surface area contributed by atoms with E-state index in [0.717, 1.165) is 37.8 Å². The predicted octanol–water partition coefficient (Wildman–Crippen LogP) is 1.89. The first kappa shape index (κ1) is 12.1. The van der Waals surface area contributed by atoms with Gasteiger partial charge in [-0.25, -0.2) is 9.97 Å². The van der Waals surface area contributed by atoms with Gasteiger partial charge in [-0.2, -0.15) is 0 Å². The molecule has 0 radical (unpaired) electrons. The van der Waals surface area contributed by atoms with Gasteiger partial charge in [0.25, 0.3) is 0 Å². The molecular weight excluding hydrogens is 216 g/mol. The van der Waals surface area contributed by atoms with Crippen LogP contribution in [0.1, 0.15) is 26.2 Å². The SMILES string of the molecule is CCNc1cc(NCCC2CCCO2)ncn1. The molecule has 1 saturated heterocycles. The molecule has 0 amide bonds. The van der Waals surface area contributed by atoms with Crippen LogP contribution < -0.4 is 10.6 Å². The van der Waals surface area contributed by atoms with Gasteiger partial charge in [-0.15, -0.1) is 0 Å². The molecule has 1 unspecified atom stereocenters. The fourth-order valence-corrected chi connectivity index (χ4v) is 1.97. The molecule has 0 bridgehead atoms. The molecule has 1 atom stereocenters. The van der Waals surface area contributed by atoms with Crippen LogP contribution in [0.25, 0.3) is 0 Å². The number of nitrogens with zero attached hydrogens (tertiary/aromatic N) is 2. The summed E-state index contributed by atoms with van der Waals surface area (Å²) in [5.41, 5.74) is 0. The first-order valence-electron chi connectivity index (χ1n) is 6.30. The molecule has 1 aliphatic rings. The van der Waals surface area contributed by atoms with Crippen molar-refractivity contribution in [2.75, 3.05) is 30.3 Å². The van der Waals surface area contributed by atoms with Crippen molar-refractivity contribution in [3.05, 3.63) is 12.4 Å². The smallest absolute Gasteiger partial charge is 0.131 e. The van der Waals surface area contributed by atoms with Gasteiger partial charge in [0.1, 0.15) is 18.0 Å². The van der Waals surface area contributed by atoms with Gasteiger partial charge < -0.3 is 15.4 Å². The maximum Gasteiger partial charge on any atom is 0.131 e. The summed E-state index contributed by atoms with van der Waals surface area (Å²) in [6.07, 6.45) is 5.43. The molecule has 2 rings (SSSR count). The van der Waals surface area contributed by atoms with Gasteiger partial charge >= 0.3 is 0 Å². The molecule has 0 aromatic carbocycles. The van der Waals surface area contributed by atoms with E-state index in [1.165, 1.54) is 12.8 Å². The topological polar surface area (TPSA) is 59.1 Å². The average molecular weight is 236 g/mol. The summed E-state index contributed by atoms with van der Waals surface area (Å²) in [5.74, 6) is 1.73. The molecule has 2 N–H and O–H groups in total. The number of ether oxygens (including phenoxy) is 1. The summed E-state index contributed by atoms with van der Waals surface area (Å²) in [6.45, 7) is 4.73. The van der Waals surface area contributed by atoms with Gasteiger partial charge in [-0.1, -0.05) is 0 Å². The lowest BCUT2D eigenvalue weighted by Crippen LogP contribution is -2.13. The van der Waals surface area contributed by atoms with Gasteiger partial charge in [-0.3, -0.25) is 0 Å². The van der Waals surface area contributed by atoms with Crippen molar-refractivity contribution in [2.45, 2.75) is 32.3 Å². The highest BCUT2D eigenvalue weighted by atomic mass is 16.5. The van der Waals surface area contributed by atoms with Crippen LogP contribution in [0, 0.1) is 0 Å². The van der Waals surface area contributed by atoms with Gasteiger partial charge in [-0.05, 0) is 26.2 Å². The summed E-state index contributed by atoms with van der Waals surface area (Å²) in [5, 5.41) is 6.46. The number of aromatic nitrogens is 2. The quantitative estimate of drug-likeness (QED) is 0.790. The van der Waals surface area contributed by atoms with E-state index in [0.29, 0.717) is 6.10 Å². The van der Waals surface area contributed by atoms with Crippen molar-refractivity contribution >= 4 is 11.6 Å². The summed E-state index contributed by atoms with van der Waals surface area (Å²) in [6, 6.07) is 1.93. The van der Waals surface area contributed by atoms with Crippen LogP contribution in [-0.2, 0) is 4.74 Å². The molecule has 0 saturated carbocycles. The average Bonchev–Trinajstić information content (AvgIpc) is 2.83. The summed E-state index contributed by atoms with van der Waals surface area (Å²) >= 11 is 0. The number of hydrogen-bond donors (Lipinski definition) is 2. The Morgan fingerprint density at radius 2 is 2.18 bits per heavy atom. The highest BCUT2D eigenvalue weighted by molar-refractivity contribution is 5.46. The maximum absolute atomic E-state index is 5.57. The van der Waals surface area contributed by atoms with Crippen molar-refractivity contribution in [2.24, 2.45) is 0 Å². The molecule has 1 fully saturated rings. The first-order valence-corrected chi connectivity index (χ1v) is 6.30. The molecule has 2 heterocycles. The largest absolute Gasteiger partial charge is 0.378 e. The number of rotatable bonds is 6. The third-order valence-corrected chi connectivity index (χ3v) is 2.82. The molecule has 1 aromatic rings. The van der Waals surface area contributed by atoms with Crippen LogP contribution in [-0.4, -0.2) is 35.8 Å². The summed E-state index contributed by atoms with van der Waals surface area (Å²) < 4.78 is 5.57. The highest BCUT2D eigenvalue weighted by Crippen LogP contribution is 2.15. The standard InChI is InChI=1S/C12H20N4O/c1-2-13-11-8-12(16-9-15-11)14-6-5-10-4-3-7-17-10/h8-10H,2-7H2,1H3,(H2,13,14,15,16). The number of hydrogen-bond acceptors (Lipinski definition) is 5. The molecule has 5 heteroatoms. The molecule has 1 aliphatic heterocycles. The third kappa shape index (κ3) is 3.85. The Kier molecular flexibility index (Phi) is 4.55. The number of anilines is 2. The minimum Gasteiger partial charge on any atom is -0.378 e. The predicted molar refractivity (Wildman–Crippen MR) is 68.3 cm³/mol. The van der Waals surface area contributed by atoms with E-state index >= 15 is 0 Å². The van der Waals surface area contributed by atoms with Crippen LogP contribution in [0.5, 0.6) is 0 Å². The van der Waals surface area contributed by atoms with Crippen LogP contribution in [0.4, 0.5) is 11.6 Å². The second-order valence-electron chi connectivity index (χ2n) is 4.17. The maximum atomic E-state index is 5.57. The van der Waals surface area contributed by atoms with Crippen LogP contribution >= 0.6 is 0 Å².